The van der Waals surface area contributed by atoms with Crippen LogP contribution in [0.4, 0.5) is 19.3 Å². The zero-order valence-corrected chi connectivity index (χ0v) is 21.4. The molecule has 3 aromatic carbocycles. The fourth-order valence-electron chi connectivity index (χ4n) is 4.80. The van der Waals surface area contributed by atoms with Gasteiger partial charge >= 0.3 is 6.09 Å². The zero-order valence-electron chi connectivity index (χ0n) is 21.4. The Morgan fingerprint density at radius 1 is 0.949 bits per heavy atom. The highest BCUT2D eigenvalue weighted by molar-refractivity contribution is 6.10. The molecule has 0 saturated carbocycles. The molecule has 0 bridgehead atoms. The van der Waals surface area contributed by atoms with Crippen LogP contribution in [0.1, 0.15) is 28.8 Å². The van der Waals surface area contributed by atoms with Gasteiger partial charge in [0, 0.05) is 49.0 Å². The van der Waals surface area contributed by atoms with Crippen LogP contribution in [0.15, 0.2) is 84.9 Å². The molecule has 0 unspecified atom stereocenters. The Morgan fingerprint density at radius 2 is 1.56 bits per heavy atom. The first kappa shape index (κ1) is 26.2. The molecule has 0 atom stereocenters. The number of pyridine rings is 1. The van der Waals surface area contributed by atoms with Gasteiger partial charge in [-0.25, -0.2) is 18.6 Å². The average Bonchev–Trinajstić information content (AvgIpc) is 2.97. The molecule has 39 heavy (non-hydrogen) atoms. The van der Waals surface area contributed by atoms with Gasteiger partial charge in [0.1, 0.15) is 0 Å². The van der Waals surface area contributed by atoms with Crippen molar-refractivity contribution in [3.63, 3.8) is 0 Å². The van der Waals surface area contributed by atoms with Crippen LogP contribution in [0.5, 0.6) is 0 Å². The summed E-state index contributed by atoms with van der Waals surface area (Å²) in [5, 5.41) is 1.63. The second-order valence-corrected chi connectivity index (χ2v) is 9.41. The number of aromatic nitrogens is 1. The van der Waals surface area contributed by atoms with E-state index in [1.165, 1.54) is 7.11 Å². The third-order valence-electron chi connectivity index (χ3n) is 6.82. The van der Waals surface area contributed by atoms with E-state index in [0.29, 0.717) is 33.4 Å². The third-order valence-corrected chi connectivity index (χ3v) is 6.82. The maximum absolute atomic E-state index is 14.1. The van der Waals surface area contributed by atoms with Gasteiger partial charge in [-0.2, -0.15) is 5.01 Å². The van der Waals surface area contributed by atoms with Crippen molar-refractivity contribution in [2.75, 3.05) is 25.2 Å². The van der Waals surface area contributed by atoms with Crippen molar-refractivity contribution in [3.8, 4) is 11.3 Å². The van der Waals surface area contributed by atoms with Crippen LogP contribution in [0.3, 0.4) is 0 Å². The molecule has 9 heteroatoms. The molecule has 1 aromatic heterocycles. The van der Waals surface area contributed by atoms with E-state index in [1.54, 1.807) is 36.4 Å². The molecule has 2 amide bonds. The van der Waals surface area contributed by atoms with Crippen molar-refractivity contribution < 1.29 is 23.1 Å². The van der Waals surface area contributed by atoms with Gasteiger partial charge in [0.05, 0.1) is 29.6 Å². The number of para-hydroxylation sites is 2. The Kier molecular flexibility index (Phi) is 7.51. The second kappa shape index (κ2) is 11.2. The fourth-order valence-corrected chi connectivity index (χ4v) is 4.80. The first-order valence-corrected chi connectivity index (χ1v) is 12.7. The molecule has 0 radical (unpaired) electrons. The van der Waals surface area contributed by atoms with Crippen LogP contribution in [0.25, 0.3) is 22.2 Å². The van der Waals surface area contributed by atoms with E-state index in [0.717, 1.165) is 10.6 Å². The number of nitrogens with zero attached hydrogens (tertiary/aromatic N) is 3. The molecule has 4 aromatic rings. The summed E-state index contributed by atoms with van der Waals surface area (Å²) in [6.07, 6.45) is -1.27. The first-order valence-electron chi connectivity index (χ1n) is 12.7. The molecule has 5 rings (SSSR count). The SMILES string of the molecule is COC(=O)N(NC(=O)c1c(CN2CCC(F)(F)CC2)c(-c2ccccc2)nc2ccccc12)c1ccccc1. The number of benzene rings is 3. The number of hydrogen-bond acceptors (Lipinski definition) is 5. The van der Waals surface area contributed by atoms with Crippen molar-refractivity contribution in [2.45, 2.75) is 25.3 Å². The average molecular weight is 531 g/mol. The van der Waals surface area contributed by atoms with Gasteiger partial charge < -0.3 is 4.74 Å². The zero-order chi connectivity index (χ0) is 27.4. The molecule has 200 valence electrons. The van der Waals surface area contributed by atoms with Crippen molar-refractivity contribution in [3.05, 3.63) is 96.1 Å². The monoisotopic (exact) mass is 530 g/mol. The van der Waals surface area contributed by atoms with Crippen LogP contribution in [-0.4, -0.2) is 48.0 Å². The summed E-state index contributed by atoms with van der Waals surface area (Å²) in [4.78, 5) is 33.6. The molecular weight excluding hydrogens is 502 g/mol. The number of rotatable bonds is 5. The van der Waals surface area contributed by atoms with Gasteiger partial charge in [0.15, 0.2) is 0 Å². The van der Waals surface area contributed by atoms with Crippen molar-refractivity contribution >= 4 is 28.6 Å². The maximum Gasteiger partial charge on any atom is 0.433 e. The van der Waals surface area contributed by atoms with Crippen LogP contribution in [0, 0.1) is 0 Å². The van der Waals surface area contributed by atoms with E-state index in [-0.39, 0.29) is 32.5 Å². The lowest BCUT2D eigenvalue weighted by molar-refractivity contribution is -0.0566. The number of ether oxygens (including phenoxy) is 1. The number of hydrogen-bond donors (Lipinski definition) is 1. The number of likely N-dealkylation sites (tertiary alicyclic amines) is 1. The number of amides is 2. The van der Waals surface area contributed by atoms with Gasteiger partial charge in [-0.15, -0.1) is 0 Å². The molecule has 7 nitrogen and oxygen atoms in total. The third kappa shape index (κ3) is 5.73. The van der Waals surface area contributed by atoms with E-state index in [1.807, 2.05) is 53.4 Å². The summed E-state index contributed by atoms with van der Waals surface area (Å²) in [5.41, 5.74) is 6.03. The van der Waals surface area contributed by atoms with Gasteiger partial charge in [0.2, 0.25) is 0 Å². The Bertz CT molecular complexity index is 1470. The number of alkyl halides is 2. The van der Waals surface area contributed by atoms with Gasteiger partial charge in [-0.3, -0.25) is 15.1 Å². The molecule has 2 heterocycles. The minimum absolute atomic E-state index is 0.188. The largest absolute Gasteiger partial charge is 0.451 e. The maximum atomic E-state index is 14.1. The quantitative estimate of drug-likeness (QED) is 0.318. The van der Waals surface area contributed by atoms with Gasteiger partial charge in [-0.05, 0) is 18.2 Å². The lowest BCUT2D eigenvalue weighted by Gasteiger charge is -2.33. The Labute approximate surface area is 225 Å². The predicted octanol–water partition coefficient (Wildman–Crippen LogP) is 6.05. The molecule has 1 saturated heterocycles. The number of anilines is 1. The standard InChI is InChI=1S/C30H28F2N4O3/c1-39-29(38)36(22-12-6-3-7-13-22)34-28(37)26-23-14-8-9-15-25(23)33-27(21-10-4-2-5-11-21)24(26)20-35-18-16-30(31,32)17-19-35/h2-15H,16-20H2,1H3,(H,34,37). The Hall–Kier alpha value is -4.37. The van der Waals surface area contributed by atoms with Crippen LogP contribution >= 0.6 is 0 Å². The van der Waals surface area contributed by atoms with E-state index < -0.39 is 17.9 Å². The number of nitrogens with one attached hydrogen (secondary N) is 1. The molecule has 0 spiro atoms. The lowest BCUT2D eigenvalue weighted by atomic mass is 9.95. The molecule has 1 N–H and O–H groups in total. The number of fused-ring (bicyclic) bond motifs is 1. The minimum atomic E-state index is -2.70. The number of methoxy groups -OCH3 is 1. The van der Waals surface area contributed by atoms with Crippen molar-refractivity contribution in [1.29, 1.82) is 0 Å². The number of hydrazine groups is 1. The van der Waals surface area contributed by atoms with Crippen LogP contribution in [0.2, 0.25) is 0 Å². The fraction of sp³-hybridized carbons (Fsp3) is 0.233. The van der Waals surface area contributed by atoms with Crippen LogP contribution < -0.4 is 10.4 Å². The Balaban J connectivity index is 1.64. The lowest BCUT2D eigenvalue weighted by Crippen LogP contribution is -2.47. The molecular formula is C30H28F2N4O3. The van der Waals surface area contributed by atoms with Crippen molar-refractivity contribution in [1.82, 2.24) is 15.3 Å². The van der Waals surface area contributed by atoms with E-state index in [4.69, 9.17) is 9.72 Å². The summed E-state index contributed by atoms with van der Waals surface area (Å²) in [6, 6.07) is 25.3. The summed E-state index contributed by atoms with van der Waals surface area (Å²) in [5.74, 6) is -3.24. The normalized spacial score (nSPS) is 15.1. The smallest absolute Gasteiger partial charge is 0.433 e. The number of carbonyl (C=O) groups excluding carboxylic acids is 2. The summed E-state index contributed by atoms with van der Waals surface area (Å²) in [7, 11) is 1.23. The molecule has 1 aliphatic rings. The first-order chi connectivity index (χ1) is 18.9. The number of piperidine rings is 1. The summed E-state index contributed by atoms with van der Waals surface area (Å²) >= 11 is 0. The summed E-state index contributed by atoms with van der Waals surface area (Å²) in [6.45, 7) is 0.616. The Morgan fingerprint density at radius 3 is 2.23 bits per heavy atom. The highest BCUT2D eigenvalue weighted by Crippen LogP contribution is 2.34. The van der Waals surface area contributed by atoms with Gasteiger partial charge in [-0.1, -0.05) is 66.7 Å². The van der Waals surface area contributed by atoms with E-state index in [2.05, 4.69) is 5.43 Å². The second-order valence-electron chi connectivity index (χ2n) is 9.41. The predicted molar refractivity (Wildman–Crippen MR) is 145 cm³/mol. The van der Waals surface area contributed by atoms with E-state index in [9.17, 15) is 18.4 Å². The minimum Gasteiger partial charge on any atom is -0.451 e. The highest BCUT2D eigenvalue weighted by atomic mass is 19.3. The highest BCUT2D eigenvalue weighted by Gasteiger charge is 2.35. The number of halogens is 2. The number of carbonyl (C=O) groups is 2. The summed E-state index contributed by atoms with van der Waals surface area (Å²) < 4.78 is 32.8. The van der Waals surface area contributed by atoms with Crippen LogP contribution in [-0.2, 0) is 11.3 Å². The van der Waals surface area contributed by atoms with E-state index >= 15 is 0 Å². The molecule has 1 fully saturated rings. The molecule has 1 aliphatic heterocycles. The van der Waals surface area contributed by atoms with Gasteiger partial charge in [0.25, 0.3) is 11.8 Å². The topological polar surface area (TPSA) is 74.8 Å². The van der Waals surface area contributed by atoms with Crippen molar-refractivity contribution in [2.24, 2.45) is 0 Å². The molecule has 0 aliphatic carbocycles.